The molecule has 0 aliphatic heterocycles. The molecule has 0 aliphatic rings. The number of halogens is 12. The van der Waals surface area contributed by atoms with Gasteiger partial charge in [0, 0.05) is 32.2 Å². The van der Waals surface area contributed by atoms with Crippen molar-refractivity contribution in [1.29, 1.82) is 0 Å². The lowest BCUT2D eigenvalue weighted by Gasteiger charge is -2.34. The number of hydrogen-bond acceptors (Lipinski definition) is 2. The second-order valence-electron chi connectivity index (χ2n) is 8.63. The molecule has 0 fully saturated rings. The molecule has 0 spiro atoms. The SMILES string of the molecule is C[N+](C)(C)CCCNS(=O)(=O)CCC(F)(F)CC(CC(F)(C(F)(F)F)C(F)(F)F)C(F)(F)F. The third-order valence-electron chi connectivity index (χ3n) is 4.50. The van der Waals surface area contributed by atoms with Crippen molar-refractivity contribution < 1.29 is 65.6 Å². The van der Waals surface area contributed by atoms with Crippen LogP contribution in [0.25, 0.3) is 0 Å². The monoisotopic (exact) mass is 537 g/mol. The van der Waals surface area contributed by atoms with Crippen LogP contribution >= 0.6 is 0 Å². The molecule has 200 valence electrons. The van der Waals surface area contributed by atoms with E-state index in [0.29, 0.717) is 11.0 Å². The summed E-state index contributed by atoms with van der Waals surface area (Å²) < 4.78 is 182. The standard InChI is InChI=1S/C16H25F12N2O2S/c1-30(2,3)7-4-6-29-33(31,32)8-5-12(17,18)9-11(14(20,21)22)10-13(19,15(23,24)25)16(26,27)28/h11,29H,4-10H2,1-3H3/q+1. The van der Waals surface area contributed by atoms with Gasteiger partial charge in [0.1, 0.15) is 0 Å². The van der Waals surface area contributed by atoms with Gasteiger partial charge >= 0.3 is 18.5 Å². The Morgan fingerprint density at radius 2 is 1.24 bits per heavy atom. The molecule has 0 amide bonds. The molecule has 17 heteroatoms. The van der Waals surface area contributed by atoms with E-state index in [1.54, 1.807) is 21.1 Å². The number of quaternary nitrogens is 1. The molecule has 0 aromatic heterocycles. The highest BCUT2D eigenvalue weighted by Gasteiger charge is 2.74. The van der Waals surface area contributed by atoms with Crippen molar-refractivity contribution in [3.8, 4) is 0 Å². The zero-order valence-electron chi connectivity index (χ0n) is 17.7. The summed E-state index contributed by atoms with van der Waals surface area (Å²) in [4.78, 5) is 0. The van der Waals surface area contributed by atoms with Crippen molar-refractivity contribution >= 4 is 10.0 Å². The molecular formula is C16H25F12N2O2S+. The summed E-state index contributed by atoms with van der Waals surface area (Å²) in [6.45, 7) is 0.269. The first-order valence-corrected chi connectivity index (χ1v) is 10.9. The summed E-state index contributed by atoms with van der Waals surface area (Å²) in [6, 6.07) is 0. The molecule has 0 aromatic carbocycles. The lowest BCUT2D eigenvalue weighted by Crippen LogP contribution is -2.55. The first-order chi connectivity index (χ1) is 14.2. The van der Waals surface area contributed by atoms with Crippen LogP contribution in [0.5, 0.6) is 0 Å². The smallest absolute Gasteiger partial charge is 0.331 e. The van der Waals surface area contributed by atoms with E-state index >= 15 is 0 Å². The number of rotatable bonds is 12. The topological polar surface area (TPSA) is 46.2 Å². The normalized spacial score (nSPS) is 16.2. The minimum Gasteiger partial charge on any atom is -0.331 e. The van der Waals surface area contributed by atoms with Gasteiger partial charge in [-0.15, -0.1) is 0 Å². The third-order valence-corrected chi connectivity index (χ3v) is 5.88. The Morgan fingerprint density at radius 3 is 1.61 bits per heavy atom. The van der Waals surface area contributed by atoms with E-state index in [9.17, 15) is 61.1 Å². The lowest BCUT2D eigenvalue weighted by atomic mass is 9.86. The molecule has 0 saturated heterocycles. The maximum Gasteiger partial charge on any atom is 0.431 e. The quantitative estimate of drug-likeness (QED) is 0.221. The second kappa shape index (κ2) is 10.3. The number of alkyl halides is 12. The number of sulfonamides is 1. The Balaban J connectivity index is 5.37. The van der Waals surface area contributed by atoms with Crippen molar-refractivity contribution in [3.05, 3.63) is 0 Å². The number of hydrogen-bond donors (Lipinski definition) is 1. The molecule has 0 radical (unpaired) electrons. The van der Waals surface area contributed by atoms with Crippen molar-refractivity contribution in [3.63, 3.8) is 0 Å². The highest BCUT2D eigenvalue weighted by molar-refractivity contribution is 7.89. The third kappa shape index (κ3) is 10.9. The molecule has 4 nitrogen and oxygen atoms in total. The van der Waals surface area contributed by atoms with Gasteiger partial charge in [0.05, 0.1) is 39.4 Å². The predicted octanol–water partition coefficient (Wildman–Crippen LogP) is 4.82. The summed E-state index contributed by atoms with van der Waals surface area (Å²) in [7, 11) is 0.883. The van der Waals surface area contributed by atoms with Gasteiger partial charge in [0.2, 0.25) is 15.9 Å². The van der Waals surface area contributed by atoms with Gasteiger partial charge in [-0.1, -0.05) is 0 Å². The van der Waals surface area contributed by atoms with E-state index in [2.05, 4.69) is 0 Å². The zero-order chi connectivity index (χ0) is 26.7. The van der Waals surface area contributed by atoms with Gasteiger partial charge in [-0.05, 0) is 0 Å². The Labute approximate surface area is 182 Å². The van der Waals surface area contributed by atoms with Crippen LogP contribution in [0.2, 0.25) is 0 Å². The molecule has 1 atom stereocenters. The molecule has 0 aliphatic carbocycles. The molecular weight excluding hydrogens is 512 g/mol. The van der Waals surface area contributed by atoms with Gasteiger partial charge in [0.15, 0.2) is 0 Å². The Morgan fingerprint density at radius 1 is 0.788 bits per heavy atom. The van der Waals surface area contributed by atoms with Crippen LogP contribution in [0.1, 0.15) is 25.7 Å². The highest BCUT2D eigenvalue weighted by Crippen LogP contribution is 2.53. The summed E-state index contributed by atoms with van der Waals surface area (Å²) in [5.41, 5.74) is -6.39. The van der Waals surface area contributed by atoms with E-state index in [-0.39, 0.29) is 13.0 Å². The van der Waals surface area contributed by atoms with Crippen LogP contribution < -0.4 is 4.72 Å². The van der Waals surface area contributed by atoms with E-state index in [1.807, 2.05) is 4.72 Å². The van der Waals surface area contributed by atoms with Gasteiger partial charge < -0.3 is 4.48 Å². The number of nitrogens with zero attached hydrogens (tertiary/aromatic N) is 1. The van der Waals surface area contributed by atoms with Gasteiger partial charge in [-0.2, -0.15) is 39.5 Å². The molecule has 33 heavy (non-hydrogen) atoms. The minimum atomic E-state index is -6.86. The molecule has 0 rings (SSSR count). The van der Waals surface area contributed by atoms with Crippen LogP contribution in [-0.4, -0.2) is 83.0 Å². The van der Waals surface area contributed by atoms with Crippen LogP contribution in [0.4, 0.5) is 52.7 Å². The van der Waals surface area contributed by atoms with Gasteiger partial charge in [-0.3, -0.25) is 0 Å². The Kier molecular flexibility index (Phi) is 10.0. The largest absolute Gasteiger partial charge is 0.431 e. The Bertz CT molecular complexity index is 710. The van der Waals surface area contributed by atoms with Gasteiger partial charge in [-0.25, -0.2) is 26.3 Å². The van der Waals surface area contributed by atoms with Crippen molar-refractivity contribution in [2.75, 3.05) is 40.0 Å². The first-order valence-electron chi connectivity index (χ1n) is 9.27. The van der Waals surface area contributed by atoms with Crippen molar-refractivity contribution in [1.82, 2.24) is 4.72 Å². The van der Waals surface area contributed by atoms with E-state index in [1.165, 1.54) is 0 Å². The molecule has 0 saturated carbocycles. The maximum absolute atomic E-state index is 14.0. The first kappa shape index (κ1) is 32.0. The molecule has 1 unspecified atom stereocenters. The molecule has 0 heterocycles. The fraction of sp³-hybridized carbons (Fsp3) is 1.00. The van der Waals surface area contributed by atoms with E-state index < -0.39 is 71.1 Å². The maximum atomic E-state index is 14.0. The zero-order valence-corrected chi connectivity index (χ0v) is 18.6. The fourth-order valence-corrected chi connectivity index (χ4v) is 3.80. The second-order valence-corrected chi connectivity index (χ2v) is 10.6. The summed E-state index contributed by atoms with van der Waals surface area (Å²) >= 11 is 0. The lowest BCUT2D eigenvalue weighted by molar-refractivity contribution is -0.870. The minimum absolute atomic E-state index is 0.198. The fourth-order valence-electron chi connectivity index (χ4n) is 2.63. The number of nitrogens with one attached hydrogen (secondary N) is 1. The van der Waals surface area contributed by atoms with Crippen LogP contribution in [0, 0.1) is 5.92 Å². The summed E-state index contributed by atoms with van der Waals surface area (Å²) in [6.07, 6.45) is -27.4. The average Bonchev–Trinajstić information content (AvgIpc) is 2.53. The van der Waals surface area contributed by atoms with Gasteiger partial charge in [0.25, 0.3) is 5.67 Å². The van der Waals surface area contributed by atoms with E-state index in [4.69, 9.17) is 0 Å². The average molecular weight is 537 g/mol. The van der Waals surface area contributed by atoms with Crippen molar-refractivity contribution in [2.24, 2.45) is 5.92 Å². The predicted molar refractivity (Wildman–Crippen MR) is 93.6 cm³/mol. The van der Waals surface area contributed by atoms with Crippen LogP contribution in [-0.2, 0) is 10.0 Å². The highest BCUT2D eigenvalue weighted by atomic mass is 32.2. The van der Waals surface area contributed by atoms with Crippen molar-refractivity contribution in [2.45, 2.75) is 55.8 Å². The van der Waals surface area contributed by atoms with Crippen LogP contribution in [0.3, 0.4) is 0 Å². The molecule has 1 N–H and O–H groups in total. The Hall–Kier alpha value is -0.970. The van der Waals surface area contributed by atoms with E-state index in [0.717, 1.165) is 0 Å². The van der Waals surface area contributed by atoms with Crippen LogP contribution in [0.15, 0.2) is 0 Å². The summed E-state index contributed by atoms with van der Waals surface area (Å²) in [5, 5.41) is 0. The molecule has 0 bridgehead atoms. The summed E-state index contributed by atoms with van der Waals surface area (Å²) in [5.74, 6) is -10.2. The molecule has 0 aromatic rings.